The van der Waals surface area contributed by atoms with Gasteiger partial charge in [0.1, 0.15) is 11.8 Å². The molecule has 7 nitrogen and oxygen atoms in total. The zero-order chi connectivity index (χ0) is 18.7. The molecule has 0 aliphatic carbocycles. The molecule has 0 amide bonds. The summed E-state index contributed by atoms with van der Waals surface area (Å²) in [5.41, 5.74) is -1.46. The number of pyridine rings is 1. The molecular formula is C18H14N4O3S. The quantitative estimate of drug-likeness (QED) is 0.704. The minimum absolute atomic E-state index is 0.0739. The van der Waals surface area contributed by atoms with Gasteiger partial charge < -0.3 is 4.74 Å². The summed E-state index contributed by atoms with van der Waals surface area (Å²) in [6, 6.07) is 12.8. The van der Waals surface area contributed by atoms with E-state index in [1.807, 2.05) is 30.3 Å². The molecule has 0 bridgehead atoms. The molecule has 0 spiro atoms. The molecule has 0 aliphatic rings. The Hall–Kier alpha value is -3.31. The van der Waals surface area contributed by atoms with Crippen molar-refractivity contribution in [1.29, 1.82) is 5.26 Å². The van der Waals surface area contributed by atoms with Crippen molar-refractivity contribution >= 4 is 11.8 Å². The number of aromatic nitrogens is 3. The Bertz CT molecular complexity index is 1100. The van der Waals surface area contributed by atoms with Gasteiger partial charge in [0.05, 0.1) is 0 Å². The van der Waals surface area contributed by atoms with E-state index in [-0.39, 0.29) is 11.4 Å². The number of benzene rings is 1. The van der Waals surface area contributed by atoms with E-state index in [0.29, 0.717) is 5.75 Å². The molecule has 0 saturated heterocycles. The van der Waals surface area contributed by atoms with Crippen molar-refractivity contribution in [3.05, 3.63) is 75.2 Å². The highest BCUT2D eigenvalue weighted by atomic mass is 32.2. The van der Waals surface area contributed by atoms with E-state index < -0.39 is 11.2 Å². The first kappa shape index (κ1) is 17.5. The Morgan fingerprint density at radius 1 is 1.00 bits per heavy atom. The van der Waals surface area contributed by atoms with Crippen molar-refractivity contribution in [3.63, 3.8) is 0 Å². The summed E-state index contributed by atoms with van der Waals surface area (Å²) in [6.07, 6.45) is 3.44. The third kappa shape index (κ3) is 3.38. The summed E-state index contributed by atoms with van der Waals surface area (Å²) in [5, 5.41) is 9.26. The van der Waals surface area contributed by atoms with E-state index in [1.165, 1.54) is 14.1 Å². The monoisotopic (exact) mass is 366 g/mol. The van der Waals surface area contributed by atoms with Crippen molar-refractivity contribution in [3.8, 4) is 17.7 Å². The van der Waals surface area contributed by atoms with E-state index >= 15 is 0 Å². The number of nitrogens with zero attached hydrogens (tertiary/aromatic N) is 4. The molecule has 130 valence electrons. The maximum absolute atomic E-state index is 12.1. The summed E-state index contributed by atoms with van der Waals surface area (Å²) in [6.45, 7) is 0. The fraction of sp³-hybridized carbons (Fsp3) is 0.111. The molecule has 8 heteroatoms. The van der Waals surface area contributed by atoms with Crippen LogP contribution in [0.25, 0.3) is 0 Å². The van der Waals surface area contributed by atoms with E-state index in [2.05, 4.69) is 4.98 Å². The lowest BCUT2D eigenvalue weighted by molar-refractivity contribution is 0.421. The fourth-order valence-electron chi connectivity index (χ4n) is 2.27. The summed E-state index contributed by atoms with van der Waals surface area (Å²) >= 11 is 1.56. The SMILES string of the molecule is Cn1c(Oc2ccc(Sc3ccncc3)cc2)c(C#N)c(=O)n(C)c1=O. The average Bonchev–Trinajstić information content (AvgIpc) is 2.67. The fourth-order valence-corrected chi connectivity index (χ4v) is 3.07. The highest BCUT2D eigenvalue weighted by Crippen LogP contribution is 2.29. The van der Waals surface area contributed by atoms with Gasteiger partial charge in [0.25, 0.3) is 5.56 Å². The Labute approximate surface area is 153 Å². The molecule has 2 aromatic heterocycles. The van der Waals surface area contributed by atoms with Crippen LogP contribution in [-0.2, 0) is 14.1 Å². The third-order valence-corrected chi connectivity index (χ3v) is 4.66. The normalized spacial score (nSPS) is 10.3. The molecule has 3 rings (SSSR count). The van der Waals surface area contributed by atoms with Crippen LogP contribution in [0.3, 0.4) is 0 Å². The van der Waals surface area contributed by atoms with Crippen LogP contribution in [0.4, 0.5) is 0 Å². The number of nitriles is 1. The van der Waals surface area contributed by atoms with Crippen LogP contribution in [0.1, 0.15) is 5.56 Å². The molecule has 0 fully saturated rings. The molecule has 1 aromatic carbocycles. The van der Waals surface area contributed by atoms with Gasteiger partial charge in [0, 0.05) is 36.3 Å². The zero-order valence-electron chi connectivity index (χ0n) is 14.0. The van der Waals surface area contributed by atoms with Gasteiger partial charge in [-0.05, 0) is 36.4 Å². The molecule has 3 aromatic rings. The van der Waals surface area contributed by atoms with E-state index in [4.69, 9.17) is 4.74 Å². The lowest BCUT2D eigenvalue weighted by atomic mass is 10.3. The van der Waals surface area contributed by atoms with Crippen LogP contribution in [-0.4, -0.2) is 14.1 Å². The summed E-state index contributed by atoms with van der Waals surface area (Å²) in [7, 11) is 2.77. The second-order valence-corrected chi connectivity index (χ2v) is 6.50. The second-order valence-electron chi connectivity index (χ2n) is 5.36. The average molecular weight is 366 g/mol. The van der Waals surface area contributed by atoms with Crippen LogP contribution in [0, 0.1) is 11.3 Å². The Kier molecular flexibility index (Phi) is 4.91. The van der Waals surface area contributed by atoms with Gasteiger partial charge in [-0.2, -0.15) is 5.26 Å². The van der Waals surface area contributed by atoms with E-state index in [9.17, 15) is 14.9 Å². The van der Waals surface area contributed by atoms with Crippen molar-refractivity contribution in [2.45, 2.75) is 9.79 Å². The number of hydrogen-bond acceptors (Lipinski definition) is 6. The molecule has 0 radical (unpaired) electrons. The second kappa shape index (κ2) is 7.29. The van der Waals surface area contributed by atoms with Crippen LogP contribution in [0.15, 0.2) is 68.2 Å². The van der Waals surface area contributed by atoms with E-state index in [0.717, 1.165) is 18.9 Å². The Morgan fingerprint density at radius 2 is 1.62 bits per heavy atom. The standard InChI is InChI=1S/C18H14N4O3S/c1-21-16(23)15(11-19)17(22(2)18(21)24)25-12-3-5-13(6-4-12)26-14-7-9-20-10-8-14/h3-10H,1-2H3. The number of hydrogen-bond donors (Lipinski definition) is 0. The van der Waals surface area contributed by atoms with Gasteiger partial charge in [-0.15, -0.1) is 0 Å². The highest BCUT2D eigenvalue weighted by Gasteiger charge is 2.17. The molecule has 26 heavy (non-hydrogen) atoms. The predicted octanol–water partition coefficient (Wildman–Crippen LogP) is 2.29. The molecule has 0 atom stereocenters. The lowest BCUT2D eigenvalue weighted by Gasteiger charge is -2.12. The minimum atomic E-state index is -0.685. The molecule has 2 heterocycles. The maximum atomic E-state index is 12.1. The summed E-state index contributed by atoms with van der Waals surface area (Å²) < 4.78 is 7.67. The zero-order valence-corrected chi connectivity index (χ0v) is 14.9. The van der Waals surface area contributed by atoms with Crippen molar-refractivity contribution in [1.82, 2.24) is 14.1 Å². The minimum Gasteiger partial charge on any atom is -0.439 e. The van der Waals surface area contributed by atoms with Crippen LogP contribution >= 0.6 is 11.8 Å². The van der Waals surface area contributed by atoms with Crippen molar-refractivity contribution in [2.24, 2.45) is 14.1 Å². The predicted molar refractivity (Wildman–Crippen MR) is 96.5 cm³/mol. The van der Waals surface area contributed by atoms with Crippen LogP contribution in [0.2, 0.25) is 0 Å². The van der Waals surface area contributed by atoms with Crippen molar-refractivity contribution < 1.29 is 4.74 Å². The maximum Gasteiger partial charge on any atom is 0.333 e. The van der Waals surface area contributed by atoms with Crippen LogP contribution < -0.4 is 16.0 Å². The third-order valence-electron chi connectivity index (χ3n) is 3.65. The van der Waals surface area contributed by atoms with Gasteiger partial charge >= 0.3 is 5.69 Å². The lowest BCUT2D eigenvalue weighted by Crippen LogP contribution is -2.38. The van der Waals surface area contributed by atoms with Gasteiger partial charge in [-0.1, -0.05) is 11.8 Å². The van der Waals surface area contributed by atoms with Crippen molar-refractivity contribution in [2.75, 3.05) is 0 Å². The number of rotatable bonds is 4. The molecule has 0 N–H and O–H groups in total. The van der Waals surface area contributed by atoms with Gasteiger partial charge in [0.15, 0.2) is 5.56 Å². The topological polar surface area (TPSA) is 89.9 Å². The van der Waals surface area contributed by atoms with Gasteiger partial charge in [-0.25, -0.2) is 4.79 Å². The Morgan fingerprint density at radius 3 is 2.23 bits per heavy atom. The number of ether oxygens (including phenoxy) is 1. The van der Waals surface area contributed by atoms with E-state index in [1.54, 1.807) is 36.3 Å². The van der Waals surface area contributed by atoms with Gasteiger partial charge in [-0.3, -0.25) is 18.9 Å². The first-order valence-electron chi connectivity index (χ1n) is 7.57. The molecule has 0 unspecified atom stereocenters. The highest BCUT2D eigenvalue weighted by molar-refractivity contribution is 7.99. The first-order chi connectivity index (χ1) is 12.5. The van der Waals surface area contributed by atoms with Crippen LogP contribution in [0.5, 0.6) is 11.6 Å². The Balaban J connectivity index is 1.90. The molecule has 0 aliphatic heterocycles. The smallest absolute Gasteiger partial charge is 0.333 e. The first-order valence-corrected chi connectivity index (χ1v) is 8.39. The van der Waals surface area contributed by atoms with Gasteiger partial charge in [0.2, 0.25) is 5.88 Å². The largest absolute Gasteiger partial charge is 0.439 e. The summed E-state index contributed by atoms with van der Waals surface area (Å²) in [4.78, 5) is 30.2. The molecule has 0 saturated carbocycles. The summed E-state index contributed by atoms with van der Waals surface area (Å²) in [5.74, 6) is 0.346. The molecular weight excluding hydrogens is 352 g/mol.